The summed E-state index contributed by atoms with van der Waals surface area (Å²) in [4.78, 5) is 26.2. The predicted molar refractivity (Wildman–Crippen MR) is 112 cm³/mol. The summed E-state index contributed by atoms with van der Waals surface area (Å²) in [5, 5.41) is 2.75. The number of anilines is 1. The SMILES string of the molecule is COc1cc(CN2C(=O)[C@@H](NC(C)=O)c3ccccc32)ccc1OCCC(C)C. The number of rotatable bonds is 8. The van der Waals surface area contributed by atoms with Crippen LogP contribution in [0.5, 0.6) is 11.5 Å². The molecule has 0 aliphatic carbocycles. The number of nitrogens with zero attached hydrogens (tertiary/aromatic N) is 1. The normalized spacial score (nSPS) is 15.4. The van der Waals surface area contributed by atoms with Crippen LogP contribution in [0.3, 0.4) is 0 Å². The van der Waals surface area contributed by atoms with Crippen LogP contribution in [0, 0.1) is 5.92 Å². The van der Waals surface area contributed by atoms with Gasteiger partial charge in [-0.05, 0) is 36.1 Å². The maximum atomic E-state index is 13.0. The van der Waals surface area contributed by atoms with Crippen LogP contribution in [0.15, 0.2) is 42.5 Å². The molecule has 29 heavy (non-hydrogen) atoms. The van der Waals surface area contributed by atoms with Crippen LogP contribution in [0.4, 0.5) is 5.69 Å². The third kappa shape index (κ3) is 4.70. The van der Waals surface area contributed by atoms with Gasteiger partial charge in [0.1, 0.15) is 6.04 Å². The van der Waals surface area contributed by atoms with Crippen molar-refractivity contribution in [2.45, 2.75) is 39.8 Å². The highest BCUT2D eigenvalue weighted by Crippen LogP contribution is 2.37. The van der Waals surface area contributed by atoms with E-state index in [4.69, 9.17) is 9.47 Å². The van der Waals surface area contributed by atoms with Crippen LogP contribution in [0.2, 0.25) is 0 Å². The summed E-state index contributed by atoms with van der Waals surface area (Å²) in [7, 11) is 1.61. The van der Waals surface area contributed by atoms with Crippen LogP contribution < -0.4 is 19.7 Å². The highest BCUT2D eigenvalue weighted by atomic mass is 16.5. The molecule has 0 fully saturated rings. The Kier molecular flexibility index (Phi) is 6.42. The van der Waals surface area contributed by atoms with E-state index in [2.05, 4.69) is 19.2 Å². The van der Waals surface area contributed by atoms with Crippen molar-refractivity contribution in [3.05, 3.63) is 53.6 Å². The van der Waals surface area contributed by atoms with E-state index >= 15 is 0 Å². The first kappa shape index (κ1) is 20.7. The number of fused-ring (bicyclic) bond motifs is 1. The standard InChI is InChI=1S/C23H28N2O4/c1-15(2)11-12-29-20-10-9-17(13-21(20)28-4)14-25-19-8-6-5-7-18(19)22(23(25)27)24-16(3)26/h5-10,13,15,22H,11-12,14H2,1-4H3,(H,24,26)/t22-/m0/s1. The summed E-state index contributed by atoms with van der Waals surface area (Å²) < 4.78 is 11.3. The Morgan fingerprint density at radius 1 is 1.17 bits per heavy atom. The molecule has 6 heteroatoms. The van der Waals surface area contributed by atoms with Gasteiger partial charge in [-0.3, -0.25) is 9.59 Å². The van der Waals surface area contributed by atoms with Gasteiger partial charge in [-0.1, -0.05) is 38.1 Å². The Morgan fingerprint density at radius 2 is 1.93 bits per heavy atom. The Hall–Kier alpha value is -3.02. The topological polar surface area (TPSA) is 67.9 Å². The first-order valence-electron chi connectivity index (χ1n) is 9.87. The Balaban J connectivity index is 1.80. The molecule has 0 saturated carbocycles. The summed E-state index contributed by atoms with van der Waals surface area (Å²) in [6.07, 6.45) is 0.967. The molecule has 2 aromatic carbocycles. The van der Waals surface area contributed by atoms with Crippen LogP contribution in [-0.2, 0) is 16.1 Å². The number of amides is 2. The maximum absolute atomic E-state index is 13.0. The molecule has 2 amide bonds. The van der Waals surface area contributed by atoms with Gasteiger partial charge < -0.3 is 19.7 Å². The molecule has 1 atom stereocenters. The summed E-state index contributed by atoms with van der Waals surface area (Å²) in [6.45, 7) is 6.74. The molecular formula is C23H28N2O4. The van der Waals surface area contributed by atoms with Crippen molar-refractivity contribution < 1.29 is 19.1 Å². The molecule has 0 saturated heterocycles. The Bertz CT molecular complexity index is 894. The lowest BCUT2D eigenvalue weighted by Crippen LogP contribution is -2.36. The summed E-state index contributed by atoms with van der Waals surface area (Å²) in [5.74, 6) is 1.53. The third-order valence-corrected chi connectivity index (χ3v) is 4.92. The van der Waals surface area contributed by atoms with Crippen LogP contribution >= 0.6 is 0 Å². The smallest absolute Gasteiger partial charge is 0.254 e. The van der Waals surface area contributed by atoms with E-state index in [0.717, 1.165) is 23.2 Å². The molecule has 3 rings (SSSR count). The lowest BCUT2D eigenvalue weighted by molar-refractivity contribution is -0.126. The molecular weight excluding hydrogens is 368 g/mol. The van der Waals surface area contributed by atoms with Crippen molar-refractivity contribution >= 4 is 17.5 Å². The largest absolute Gasteiger partial charge is 0.493 e. The highest BCUT2D eigenvalue weighted by Gasteiger charge is 2.37. The van der Waals surface area contributed by atoms with E-state index < -0.39 is 6.04 Å². The summed E-state index contributed by atoms with van der Waals surface area (Å²) >= 11 is 0. The zero-order valence-corrected chi connectivity index (χ0v) is 17.4. The van der Waals surface area contributed by atoms with Gasteiger partial charge in [0, 0.05) is 18.2 Å². The molecule has 6 nitrogen and oxygen atoms in total. The maximum Gasteiger partial charge on any atom is 0.254 e. The molecule has 1 N–H and O–H groups in total. The number of para-hydroxylation sites is 1. The van der Waals surface area contributed by atoms with Gasteiger partial charge in [0.05, 0.1) is 20.3 Å². The zero-order chi connectivity index (χ0) is 21.0. The quantitative estimate of drug-likeness (QED) is 0.736. The van der Waals surface area contributed by atoms with Crippen LogP contribution in [-0.4, -0.2) is 25.5 Å². The lowest BCUT2D eigenvalue weighted by atomic mass is 10.1. The second-order valence-electron chi connectivity index (χ2n) is 7.63. The van der Waals surface area contributed by atoms with Crippen molar-refractivity contribution in [1.82, 2.24) is 5.32 Å². The number of hydrogen-bond donors (Lipinski definition) is 1. The summed E-state index contributed by atoms with van der Waals surface area (Å²) in [6, 6.07) is 12.6. The minimum absolute atomic E-state index is 0.141. The number of methoxy groups -OCH3 is 1. The number of ether oxygens (including phenoxy) is 2. The van der Waals surface area contributed by atoms with Gasteiger partial charge in [0.25, 0.3) is 5.91 Å². The molecule has 0 bridgehead atoms. The van der Waals surface area contributed by atoms with E-state index in [1.165, 1.54) is 6.92 Å². The van der Waals surface area contributed by atoms with Crippen LogP contribution in [0.25, 0.3) is 0 Å². The number of benzene rings is 2. The molecule has 0 spiro atoms. The zero-order valence-electron chi connectivity index (χ0n) is 17.4. The van der Waals surface area contributed by atoms with Gasteiger partial charge in [-0.25, -0.2) is 0 Å². The van der Waals surface area contributed by atoms with Gasteiger partial charge in [-0.15, -0.1) is 0 Å². The molecule has 1 aliphatic rings. The van der Waals surface area contributed by atoms with Gasteiger partial charge in [0.15, 0.2) is 11.5 Å². The van der Waals surface area contributed by atoms with Gasteiger partial charge in [0.2, 0.25) is 5.91 Å². The molecule has 0 unspecified atom stereocenters. The van der Waals surface area contributed by atoms with Crippen molar-refractivity contribution in [2.24, 2.45) is 5.92 Å². The van der Waals surface area contributed by atoms with E-state index in [-0.39, 0.29) is 11.8 Å². The molecule has 0 radical (unpaired) electrons. The second-order valence-corrected chi connectivity index (χ2v) is 7.63. The minimum atomic E-state index is -0.649. The molecule has 1 aliphatic heterocycles. The number of hydrogen-bond acceptors (Lipinski definition) is 4. The van der Waals surface area contributed by atoms with Crippen LogP contribution in [0.1, 0.15) is 44.4 Å². The highest BCUT2D eigenvalue weighted by molar-refractivity contribution is 6.06. The second kappa shape index (κ2) is 8.99. The molecule has 1 heterocycles. The average Bonchev–Trinajstić information content (AvgIpc) is 2.94. The average molecular weight is 396 g/mol. The Morgan fingerprint density at radius 3 is 2.62 bits per heavy atom. The number of carbonyl (C=O) groups is 2. The van der Waals surface area contributed by atoms with Gasteiger partial charge in [-0.2, -0.15) is 0 Å². The van der Waals surface area contributed by atoms with Crippen molar-refractivity contribution in [2.75, 3.05) is 18.6 Å². The van der Waals surface area contributed by atoms with E-state index in [1.54, 1.807) is 12.0 Å². The minimum Gasteiger partial charge on any atom is -0.493 e. The lowest BCUT2D eigenvalue weighted by Gasteiger charge is -2.19. The molecule has 154 valence electrons. The van der Waals surface area contributed by atoms with E-state index in [1.807, 2.05) is 42.5 Å². The predicted octanol–water partition coefficient (Wildman–Crippen LogP) is 3.84. The van der Waals surface area contributed by atoms with Crippen molar-refractivity contribution in [3.8, 4) is 11.5 Å². The first-order valence-corrected chi connectivity index (χ1v) is 9.87. The van der Waals surface area contributed by atoms with Crippen molar-refractivity contribution in [3.63, 3.8) is 0 Å². The van der Waals surface area contributed by atoms with E-state index in [0.29, 0.717) is 30.6 Å². The molecule has 2 aromatic rings. The van der Waals surface area contributed by atoms with Crippen molar-refractivity contribution in [1.29, 1.82) is 0 Å². The first-order chi connectivity index (χ1) is 13.9. The molecule has 0 aromatic heterocycles. The number of carbonyl (C=O) groups excluding carboxylic acids is 2. The third-order valence-electron chi connectivity index (χ3n) is 4.92. The van der Waals surface area contributed by atoms with Gasteiger partial charge >= 0.3 is 0 Å². The Labute approximate surface area is 171 Å². The number of nitrogens with one attached hydrogen (secondary N) is 1. The fraction of sp³-hybridized carbons (Fsp3) is 0.391. The van der Waals surface area contributed by atoms with E-state index in [9.17, 15) is 9.59 Å². The summed E-state index contributed by atoms with van der Waals surface area (Å²) in [5.41, 5.74) is 2.55. The monoisotopic (exact) mass is 396 g/mol. The fourth-order valence-electron chi connectivity index (χ4n) is 3.41. The fourth-order valence-corrected chi connectivity index (χ4v) is 3.41.